The summed E-state index contributed by atoms with van der Waals surface area (Å²) in [6.45, 7) is 7.65. The van der Waals surface area contributed by atoms with Gasteiger partial charge in [0.2, 0.25) is 0 Å². The molecule has 0 bridgehead atoms. The van der Waals surface area contributed by atoms with Gasteiger partial charge in [-0.1, -0.05) is 39.0 Å². The minimum atomic E-state index is -0.243. The van der Waals surface area contributed by atoms with Crippen LogP contribution >= 0.6 is 0 Å². The summed E-state index contributed by atoms with van der Waals surface area (Å²) in [6.07, 6.45) is 4.52. The van der Waals surface area contributed by atoms with E-state index in [1.165, 1.54) is 0 Å². The van der Waals surface area contributed by atoms with E-state index in [-0.39, 0.29) is 11.8 Å². The van der Waals surface area contributed by atoms with Gasteiger partial charge in [-0.2, -0.15) is 0 Å². The first-order valence-electron chi connectivity index (χ1n) is 10.3. The first-order valence-corrected chi connectivity index (χ1v) is 10.3. The lowest BCUT2D eigenvalue weighted by Crippen LogP contribution is -2.29. The molecule has 0 spiro atoms. The summed E-state index contributed by atoms with van der Waals surface area (Å²) in [7, 11) is 0. The van der Waals surface area contributed by atoms with Crippen molar-refractivity contribution in [3.05, 3.63) is 47.0 Å². The van der Waals surface area contributed by atoms with Gasteiger partial charge in [-0.3, -0.25) is 9.59 Å². The van der Waals surface area contributed by atoms with Gasteiger partial charge >= 0.3 is 0 Å². The van der Waals surface area contributed by atoms with Crippen molar-refractivity contribution in [1.29, 1.82) is 0 Å². The third-order valence-corrected chi connectivity index (χ3v) is 5.19. The minimum absolute atomic E-state index is 0.197. The molecular weight excluding hydrogens is 352 g/mol. The van der Waals surface area contributed by atoms with Crippen molar-refractivity contribution in [2.24, 2.45) is 5.92 Å². The largest absolute Gasteiger partial charge is 0.349 e. The SMILES string of the molecule is CCc1ccccc1NC(=O)c1nc(C(=O)NCCC(C)C)n2c1CCCC2. The maximum Gasteiger partial charge on any atom is 0.287 e. The second-order valence-electron chi connectivity index (χ2n) is 7.74. The van der Waals surface area contributed by atoms with Gasteiger partial charge < -0.3 is 15.2 Å². The molecule has 0 saturated heterocycles. The Morgan fingerprint density at radius 1 is 1.18 bits per heavy atom. The third-order valence-electron chi connectivity index (χ3n) is 5.19. The summed E-state index contributed by atoms with van der Waals surface area (Å²) in [4.78, 5) is 30.1. The highest BCUT2D eigenvalue weighted by Gasteiger charge is 2.27. The van der Waals surface area contributed by atoms with E-state index in [2.05, 4.69) is 36.4 Å². The van der Waals surface area contributed by atoms with Crippen LogP contribution in [0.3, 0.4) is 0 Å². The van der Waals surface area contributed by atoms with Gasteiger partial charge in [0.25, 0.3) is 11.8 Å². The number of rotatable bonds is 7. The molecule has 0 aliphatic carbocycles. The third kappa shape index (κ3) is 4.43. The fraction of sp³-hybridized carbons (Fsp3) is 0.500. The number of aryl methyl sites for hydroxylation is 1. The number of imidazole rings is 1. The van der Waals surface area contributed by atoms with Crippen LogP contribution in [0.1, 0.15) is 72.4 Å². The van der Waals surface area contributed by atoms with E-state index in [4.69, 9.17) is 0 Å². The van der Waals surface area contributed by atoms with Crippen molar-refractivity contribution >= 4 is 17.5 Å². The molecule has 28 heavy (non-hydrogen) atoms. The minimum Gasteiger partial charge on any atom is -0.349 e. The molecule has 2 aromatic rings. The lowest BCUT2D eigenvalue weighted by Gasteiger charge is -2.17. The molecule has 150 valence electrons. The standard InChI is InChI=1S/C22H30N4O2/c1-4-16-9-5-6-10-17(16)24-21(27)19-18-11-7-8-14-26(18)20(25-19)22(28)23-13-12-15(2)3/h5-6,9-10,15H,4,7-8,11-14H2,1-3H3,(H,23,28)(H,24,27). The van der Waals surface area contributed by atoms with Gasteiger partial charge in [0.05, 0.1) is 5.69 Å². The predicted octanol–water partition coefficient (Wildman–Crippen LogP) is 3.81. The Balaban J connectivity index is 1.84. The molecule has 2 N–H and O–H groups in total. The first kappa shape index (κ1) is 20.1. The fourth-order valence-corrected chi connectivity index (χ4v) is 3.58. The number of carbonyl (C=O) groups excluding carboxylic acids is 2. The average molecular weight is 383 g/mol. The topological polar surface area (TPSA) is 76.0 Å². The van der Waals surface area contributed by atoms with Crippen molar-refractivity contribution in [1.82, 2.24) is 14.9 Å². The molecule has 0 fully saturated rings. The first-order chi connectivity index (χ1) is 13.5. The monoisotopic (exact) mass is 382 g/mol. The molecule has 0 unspecified atom stereocenters. The van der Waals surface area contributed by atoms with Crippen LogP contribution < -0.4 is 10.6 Å². The number of anilines is 1. The van der Waals surface area contributed by atoms with Crippen molar-refractivity contribution in [2.75, 3.05) is 11.9 Å². The van der Waals surface area contributed by atoms with Crippen molar-refractivity contribution < 1.29 is 9.59 Å². The molecule has 6 nitrogen and oxygen atoms in total. The summed E-state index contributed by atoms with van der Waals surface area (Å²) in [6, 6.07) is 7.78. The Morgan fingerprint density at radius 2 is 1.96 bits per heavy atom. The number of amides is 2. The van der Waals surface area contributed by atoms with Crippen LogP contribution in [0.2, 0.25) is 0 Å². The highest BCUT2D eigenvalue weighted by atomic mass is 16.2. The predicted molar refractivity (Wildman–Crippen MR) is 111 cm³/mol. The fourth-order valence-electron chi connectivity index (χ4n) is 3.58. The van der Waals surface area contributed by atoms with Gasteiger partial charge in [0.1, 0.15) is 0 Å². The van der Waals surface area contributed by atoms with Gasteiger partial charge in [0, 0.05) is 18.8 Å². The number of nitrogens with zero attached hydrogens (tertiary/aromatic N) is 2. The second-order valence-corrected chi connectivity index (χ2v) is 7.74. The molecule has 0 atom stereocenters. The van der Waals surface area contributed by atoms with Crippen LogP contribution in [0.25, 0.3) is 0 Å². The zero-order chi connectivity index (χ0) is 20.1. The van der Waals surface area contributed by atoms with E-state index in [1.54, 1.807) is 0 Å². The van der Waals surface area contributed by atoms with Gasteiger partial charge in [-0.15, -0.1) is 0 Å². The lowest BCUT2D eigenvalue weighted by atomic mass is 10.1. The number of fused-ring (bicyclic) bond motifs is 1. The summed E-state index contributed by atoms with van der Waals surface area (Å²) in [5, 5.41) is 5.94. The average Bonchev–Trinajstić information content (AvgIpc) is 3.08. The number of carbonyl (C=O) groups is 2. The van der Waals surface area contributed by atoms with E-state index in [1.807, 2.05) is 28.8 Å². The molecule has 1 aromatic heterocycles. The molecule has 0 radical (unpaired) electrons. The van der Waals surface area contributed by atoms with E-state index in [9.17, 15) is 9.59 Å². The van der Waals surface area contributed by atoms with E-state index >= 15 is 0 Å². The van der Waals surface area contributed by atoms with E-state index in [0.717, 1.165) is 55.6 Å². The molecule has 1 aliphatic heterocycles. The Bertz CT molecular complexity index is 854. The summed E-state index contributed by atoms with van der Waals surface area (Å²) in [5.41, 5.74) is 3.12. The summed E-state index contributed by atoms with van der Waals surface area (Å²) in [5.74, 6) is 0.437. The van der Waals surface area contributed by atoms with Crippen LogP contribution in [0.5, 0.6) is 0 Å². The molecule has 1 aliphatic rings. The quantitative estimate of drug-likeness (QED) is 0.764. The van der Waals surface area contributed by atoms with Crippen molar-refractivity contribution in [3.8, 4) is 0 Å². The normalized spacial score (nSPS) is 13.3. The van der Waals surface area contributed by atoms with Crippen LogP contribution in [0.15, 0.2) is 24.3 Å². The van der Waals surface area contributed by atoms with Crippen LogP contribution in [-0.4, -0.2) is 27.9 Å². The van der Waals surface area contributed by atoms with Crippen molar-refractivity contribution in [2.45, 2.75) is 59.4 Å². The highest BCUT2D eigenvalue weighted by Crippen LogP contribution is 2.23. The Hall–Kier alpha value is -2.63. The molecule has 3 rings (SSSR count). The van der Waals surface area contributed by atoms with E-state index in [0.29, 0.717) is 24.0 Å². The number of aromatic nitrogens is 2. The van der Waals surface area contributed by atoms with Crippen LogP contribution in [0.4, 0.5) is 5.69 Å². The number of benzene rings is 1. The Kier molecular flexibility index (Phi) is 6.49. The zero-order valence-electron chi connectivity index (χ0n) is 17.0. The number of hydrogen-bond donors (Lipinski definition) is 2. The number of hydrogen-bond acceptors (Lipinski definition) is 3. The molecular formula is C22H30N4O2. The van der Waals surface area contributed by atoms with Gasteiger partial charge in [-0.25, -0.2) is 4.98 Å². The van der Waals surface area contributed by atoms with Gasteiger partial charge in [-0.05, 0) is 49.7 Å². The molecule has 1 aromatic carbocycles. The van der Waals surface area contributed by atoms with E-state index < -0.39 is 0 Å². The molecule has 2 amide bonds. The lowest BCUT2D eigenvalue weighted by molar-refractivity contribution is 0.0936. The molecule has 2 heterocycles. The highest BCUT2D eigenvalue weighted by molar-refractivity contribution is 6.05. The molecule has 6 heteroatoms. The second kappa shape index (κ2) is 9.04. The molecule has 0 saturated carbocycles. The maximum absolute atomic E-state index is 13.0. The van der Waals surface area contributed by atoms with Crippen LogP contribution in [0, 0.1) is 5.92 Å². The van der Waals surface area contributed by atoms with Gasteiger partial charge in [0.15, 0.2) is 11.5 Å². The Morgan fingerprint density at radius 3 is 2.71 bits per heavy atom. The van der Waals surface area contributed by atoms with Crippen LogP contribution in [-0.2, 0) is 19.4 Å². The summed E-state index contributed by atoms with van der Waals surface area (Å²) < 4.78 is 1.93. The number of para-hydroxylation sites is 1. The Labute approximate surface area is 166 Å². The van der Waals surface area contributed by atoms with Crippen molar-refractivity contribution in [3.63, 3.8) is 0 Å². The number of nitrogens with one attached hydrogen (secondary N) is 2. The smallest absolute Gasteiger partial charge is 0.287 e. The maximum atomic E-state index is 13.0. The summed E-state index contributed by atoms with van der Waals surface area (Å²) >= 11 is 0. The zero-order valence-corrected chi connectivity index (χ0v) is 17.0.